The summed E-state index contributed by atoms with van der Waals surface area (Å²) in [5, 5.41) is 10.1. The highest BCUT2D eigenvalue weighted by atomic mass is 35.5. The van der Waals surface area contributed by atoms with Crippen LogP contribution in [0.5, 0.6) is 0 Å². The lowest BCUT2D eigenvalue weighted by Gasteiger charge is -2.33. The normalized spacial score (nSPS) is 14.9. The van der Waals surface area contributed by atoms with Crippen molar-refractivity contribution in [3.05, 3.63) is 89.2 Å². The van der Waals surface area contributed by atoms with Crippen LogP contribution in [-0.4, -0.2) is 53.5 Å². The van der Waals surface area contributed by atoms with Crippen molar-refractivity contribution in [1.29, 1.82) is 0 Å². The van der Waals surface area contributed by atoms with E-state index in [0.29, 0.717) is 23.7 Å². The second-order valence-corrected chi connectivity index (χ2v) is 8.51. The predicted molar refractivity (Wildman–Crippen MR) is 132 cm³/mol. The van der Waals surface area contributed by atoms with Crippen molar-refractivity contribution >= 4 is 34.6 Å². The number of benzene rings is 2. The van der Waals surface area contributed by atoms with Gasteiger partial charge in [0.1, 0.15) is 6.73 Å². The minimum absolute atomic E-state index is 0.0405. The molecule has 3 aromatic rings. The van der Waals surface area contributed by atoms with Crippen LogP contribution < -0.4 is 4.90 Å². The number of hydrogen-bond acceptors (Lipinski definition) is 5. The topological polar surface area (TPSA) is 69.0 Å². The predicted octanol–water partition coefficient (Wildman–Crippen LogP) is 4.79. The molecule has 0 spiro atoms. The number of amides is 1. The Balaban J connectivity index is 1.39. The summed E-state index contributed by atoms with van der Waals surface area (Å²) in [4.78, 5) is 25.4. The van der Waals surface area contributed by atoms with Crippen molar-refractivity contribution in [2.75, 3.05) is 31.8 Å². The first-order chi connectivity index (χ1) is 16.1. The van der Waals surface area contributed by atoms with E-state index in [1.165, 1.54) is 0 Å². The number of carbonyl (C=O) groups excluding carboxylic acids is 1. The number of aromatic nitrogens is 1. The van der Waals surface area contributed by atoms with Crippen molar-refractivity contribution in [3.63, 3.8) is 0 Å². The second kappa shape index (κ2) is 10.6. The van der Waals surface area contributed by atoms with Crippen LogP contribution >= 0.6 is 11.6 Å². The Morgan fingerprint density at radius 3 is 2.18 bits per heavy atom. The Morgan fingerprint density at radius 1 is 1.00 bits per heavy atom. The summed E-state index contributed by atoms with van der Waals surface area (Å²) in [5.74, 6) is 0.234. The Kier molecular flexibility index (Phi) is 7.37. The highest BCUT2D eigenvalue weighted by molar-refractivity contribution is 6.30. The Labute approximate surface area is 199 Å². The summed E-state index contributed by atoms with van der Waals surface area (Å²) in [6, 6.07) is 19.1. The number of aliphatic imine (C=N–C) groups is 1. The van der Waals surface area contributed by atoms with Gasteiger partial charge in [-0.15, -0.1) is 0 Å². The van der Waals surface area contributed by atoms with E-state index in [1.54, 1.807) is 12.4 Å². The molecule has 4 rings (SSSR count). The summed E-state index contributed by atoms with van der Waals surface area (Å²) < 4.78 is 0. The Morgan fingerprint density at radius 2 is 1.58 bits per heavy atom. The zero-order valence-corrected chi connectivity index (χ0v) is 19.3. The third-order valence-electron chi connectivity index (χ3n) is 6.10. The van der Waals surface area contributed by atoms with Crippen molar-refractivity contribution in [2.24, 2.45) is 10.9 Å². The maximum Gasteiger partial charge on any atom is 0.253 e. The van der Waals surface area contributed by atoms with Gasteiger partial charge in [0.05, 0.1) is 0 Å². The third kappa shape index (κ3) is 5.41. The molecule has 170 valence electrons. The van der Waals surface area contributed by atoms with E-state index in [4.69, 9.17) is 11.6 Å². The van der Waals surface area contributed by atoms with Gasteiger partial charge in [0.25, 0.3) is 5.91 Å². The maximum atomic E-state index is 13.1. The van der Waals surface area contributed by atoms with E-state index in [0.717, 1.165) is 35.5 Å². The quantitative estimate of drug-likeness (QED) is 0.534. The number of aliphatic hydroxyl groups excluding tert-OH is 1. The Bertz CT molecular complexity index is 1090. The van der Waals surface area contributed by atoms with E-state index >= 15 is 0 Å². The van der Waals surface area contributed by atoms with Crippen molar-refractivity contribution in [1.82, 2.24) is 9.88 Å². The first-order valence-electron chi connectivity index (χ1n) is 11.0. The molecule has 0 radical (unpaired) electrons. The van der Waals surface area contributed by atoms with Crippen LogP contribution in [0.1, 0.15) is 28.8 Å². The fraction of sp³-hybridized carbons (Fsp3) is 0.269. The molecular weight excluding hydrogens is 436 g/mol. The number of halogens is 1. The number of piperidine rings is 1. The summed E-state index contributed by atoms with van der Waals surface area (Å²) in [6.07, 6.45) is 5.13. The van der Waals surface area contributed by atoms with Crippen molar-refractivity contribution in [3.8, 4) is 0 Å². The molecule has 1 aliphatic heterocycles. The largest absolute Gasteiger partial charge is 0.375 e. The zero-order valence-electron chi connectivity index (χ0n) is 18.6. The summed E-state index contributed by atoms with van der Waals surface area (Å²) in [6.45, 7) is 1.05. The lowest BCUT2D eigenvalue weighted by atomic mass is 9.87. The molecule has 2 aromatic carbocycles. The number of nitrogens with zero attached hydrogens (tertiary/aromatic N) is 4. The molecule has 0 saturated carbocycles. The van der Waals surface area contributed by atoms with Gasteiger partial charge >= 0.3 is 0 Å². The lowest BCUT2D eigenvalue weighted by Crippen LogP contribution is -2.40. The van der Waals surface area contributed by atoms with E-state index in [9.17, 15) is 9.90 Å². The maximum absolute atomic E-state index is 13.1. The molecule has 7 heteroatoms. The smallest absolute Gasteiger partial charge is 0.253 e. The average molecular weight is 463 g/mol. The molecule has 0 bridgehead atoms. The minimum atomic E-state index is -0.253. The molecule has 1 aromatic heterocycles. The fourth-order valence-electron chi connectivity index (χ4n) is 4.24. The molecule has 1 N–H and O–H groups in total. The van der Waals surface area contributed by atoms with E-state index < -0.39 is 0 Å². The lowest BCUT2D eigenvalue weighted by molar-refractivity contribution is 0.0710. The third-order valence-corrected chi connectivity index (χ3v) is 6.35. The second-order valence-electron chi connectivity index (χ2n) is 8.07. The van der Waals surface area contributed by atoms with Gasteiger partial charge in [-0.3, -0.25) is 14.8 Å². The highest BCUT2D eigenvalue weighted by Gasteiger charge is 2.27. The number of hydrogen-bond donors (Lipinski definition) is 1. The molecule has 1 amide bonds. The number of aliphatic hydroxyl groups is 1. The molecule has 33 heavy (non-hydrogen) atoms. The molecule has 1 saturated heterocycles. The molecule has 1 fully saturated rings. The molecule has 2 heterocycles. The number of rotatable bonds is 6. The number of carbonyl (C=O) groups is 1. The fourth-order valence-corrected chi connectivity index (χ4v) is 4.36. The van der Waals surface area contributed by atoms with Gasteiger partial charge in [0, 0.05) is 66.1 Å². The number of pyridine rings is 1. The standard InChI is InChI=1S/C26H27ClN4O2/c1-30(24-10-14-28-15-11-24)23-8-4-21(5-9-23)26(33)31-16-12-20(13-17-31)25(29-18-32)19-2-6-22(27)7-3-19/h2-11,14-15,20,32H,12-13,16-18H2,1H3. The average Bonchev–Trinajstić information content (AvgIpc) is 2.88. The summed E-state index contributed by atoms with van der Waals surface area (Å²) in [5.41, 5.74) is 4.57. The summed E-state index contributed by atoms with van der Waals surface area (Å²) >= 11 is 6.01. The van der Waals surface area contributed by atoms with Crippen LogP contribution in [0.15, 0.2) is 78.0 Å². The molecule has 6 nitrogen and oxygen atoms in total. The monoisotopic (exact) mass is 462 g/mol. The van der Waals surface area contributed by atoms with Gasteiger partial charge in [-0.25, -0.2) is 0 Å². The van der Waals surface area contributed by atoms with Crippen LogP contribution in [0.2, 0.25) is 5.02 Å². The highest BCUT2D eigenvalue weighted by Crippen LogP contribution is 2.26. The van der Waals surface area contributed by atoms with Gasteiger partial charge in [0.2, 0.25) is 0 Å². The van der Waals surface area contributed by atoms with Crippen LogP contribution in [0.4, 0.5) is 11.4 Å². The van der Waals surface area contributed by atoms with Crippen molar-refractivity contribution in [2.45, 2.75) is 12.8 Å². The van der Waals surface area contributed by atoms with E-state index in [-0.39, 0.29) is 18.6 Å². The first-order valence-corrected chi connectivity index (χ1v) is 11.4. The molecular formula is C26H27ClN4O2. The van der Waals surface area contributed by atoms with E-state index in [2.05, 4.69) is 14.9 Å². The van der Waals surface area contributed by atoms with Crippen LogP contribution in [0, 0.1) is 5.92 Å². The Hall–Kier alpha value is -3.22. The van der Waals surface area contributed by atoms with Gasteiger partial charge < -0.3 is 14.9 Å². The molecule has 1 aliphatic rings. The SMILES string of the molecule is CN(c1ccncc1)c1ccc(C(=O)N2CCC(C(=NCO)c3ccc(Cl)cc3)CC2)cc1. The van der Waals surface area contributed by atoms with Crippen LogP contribution in [-0.2, 0) is 0 Å². The first kappa shape index (κ1) is 23.0. The van der Waals surface area contributed by atoms with Crippen LogP contribution in [0.25, 0.3) is 0 Å². The number of likely N-dealkylation sites (tertiary alicyclic amines) is 1. The zero-order chi connectivity index (χ0) is 23.2. The van der Waals surface area contributed by atoms with E-state index in [1.807, 2.05) is 72.6 Å². The van der Waals surface area contributed by atoms with Crippen LogP contribution in [0.3, 0.4) is 0 Å². The minimum Gasteiger partial charge on any atom is -0.375 e. The number of anilines is 2. The van der Waals surface area contributed by atoms with Gasteiger partial charge in [-0.1, -0.05) is 23.7 Å². The van der Waals surface area contributed by atoms with Crippen molar-refractivity contribution < 1.29 is 9.90 Å². The molecule has 0 aliphatic carbocycles. The molecule has 0 unspecified atom stereocenters. The van der Waals surface area contributed by atoms with Gasteiger partial charge in [0.15, 0.2) is 0 Å². The molecule has 0 atom stereocenters. The van der Waals surface area contributed by atoms with Gasteiger partial charge in [-0.05, 0) is 66.9 Å². The van der Waals surface area contributed by atoms with Gasteiger partial charge in [-0.2, -0.15) is 0 Å². The summed E-state index contributed by atoms with van der Waals surface area (Å²) in [7, 11) is 1.99.